The first-order valence-corrected chi connectivity index (χ1v) is 10.4. The molecule has 2 aliphatic rings. The summed E-state index contributed by atoms with van der Waals surface area (Å²) in [4.78, 5) is 43.2. The van der Waals surface area contributed by atoms with Gasteiger partial charge in [0.05, 0.1) is 17.9 Å². The van der Waals surface area contributed by atoms with Crippen LogP contribution in [0.25, 0.3) is 0 Å². The van der Waals surface area contributed by atoms with E-state index in [0.29, 0.717) is 37.3 Å². The molecule has 3 heterocycles. The van der Waals surface area contributed by atoms with Crippen molar-refractivity contribution in [2.45, 2.75) is 25.8 Å². The van der Waals surface area contributed by atoms with Gasteiger partial charge in [-0.05, 0) is 31.9 Å². The molecule has 2 fully saturated rings. The van der Waals surface area contributed by atoms with Crippen molar-refractivity contribution < 1.29 is 14.4 Å². The van der Waals surface area contributed by atoms with Gasteiger partial charge in [-0.3, -0.25) is 24.0 Å². The predicted octanol–water partition coefficient (Wildman–Crippen LogP) is 1.58. The fourth-order valence-electron chi connectivity index (χ4n) is 4.27. The molecular weight excluding hydrogens is 382 g/mol. The number of aryl methyl sites for hydroxylation is 1. The van der Waals surface area contributed by atoms with E-state index in [-0.39, 0.29) is 23.6 Å². The van der Waals surface area contributed by atoms with Crippen LogP contribution in [-0.2, 0) is 11.8 Å². The Morgan fingerprint density at radius 1 is 1.00 bits per heavy atom. The lowest BCUT2D eigenvalue weighted by Gasteiger charge is -2.42. The summed E-state index contributed by atoms with van der Waals surface area (Å²) < 4.78 is 1.71. The van der Waals surface area contributed by atoms with E-state index in [4.69, 9.17) is 0 Å². The van der Waals surface area contributed by atoms with E-state index < -0.39 is 0 Å². The minimum atomic E-state index is -0.147. The second kappa shape index (κ2) is 8.39. The van der Waals surface area contributed by atoms with Gasteiger partial charge in [0.15, 0.2) is 5.78 Å². The SMILES string of the molecule is CC(=O)c1ccc(C(=O)N2CCN([C@@H]3CCCN(c4cnn(C)c4)C3=O)CC2)cc1. The molecule has 1 aromatic carbocycles. The summed E-state index contributed by atoms with van der Waals surface area (Å²) in [5.41, 5.74) is 2.03. The standard InChI is InChI=1S/C22H27N5O3/c1-16(28)17-5-7-18(8-6-17)21(29)26-12-10-25(11-13-26)20-4-3-9-27(22(20)30)19-14-23-24(2)15-19/h5-8,14-15,20H,3-4,9-13H2,1-2H3/t20-/m1/s1. The number of nitrogens with zero attached hydrogens (tertiary/aromatic N) is 5. The molecule has 4 rings (SSSR count). The second-order valence-electron chi connectivity index (χ2n) is 7.98. The number of piperidine rings is 1. The number of ketones is 1. The van der Waals surface area contributed by atoms with Crippen LogP contribution in [0, 0.1) is 0 Å². The number of amides is 2. The van der Waals surface area contributed by atoms with Crippen LogP contribution in [0.5, 0.6) is 0 Å². The van der Waals surface area contributed by atoms with Gasteiger partial charge in [-0.25, -0.2) is 0 Å². The summed E-state index contributed by atoms with van der Waals surface area (Å²) in [6.45, 7) is 4.75. The van der Waals surface area contributed by atoms with Crippen molar-refractivity contribution in [2.24, 2.45) is 7.05 Å². The first-order valence-electron chi connectivity index (χ1n) is 10.4. The number of benzene rings is 1. The number of piperazine rings is 1. The highest BCUT2D eigenvalue weighted by Gasteiger charge is 2.36. The van der Waals surface area contributed by atoms with Crippen molar-refractivity contribution in [3.05, 3.63) is 47.8 Å². The van der Waals surface area contributed by atoms with Gasteiger partial charge in [-0.1, -0.05) is 12.1 Å². The Morgan fingerprint density at radius 2 is 1.67 bits per heavy atom. The number of aromatic nitrogens is 2. The predicted molar refractivity (Wildman–Crippen MR) is 113 cm³/mol. The number of hydrogen-bond donors (Lipinski definition) is 0. The van der Waals surface area contributed by atoms with Gasteiger partial charge < -0.3 is 9.80 Å². The van der Waals surface area contributed by atoms with E-state index in [9.17, 15) is 14.4 Å². The van der Waals surface area contributed by atoms with Crippen molar-refractivity contribution in [2.75, 3.05) is 37.6 Å². The smallest absolute Gasteiger partial charge is 0.253 e. The van der Waals surface area contributed by atoms with Crippen LogP contribution < -0.4 is 4.90 Å². The molecule has 2 saturated heterocycles. The first-order chi connectivity index (χ1) is 14.4. The maximum Gasteiger partial charge on any atom is 0.253 e. The first kappa shape index (κ1) is 20.3. The molecule has 0 bridgehead atoms. The lowest BCUT2D eigenvalue weighted by atomic mass is 10.0. The summed E-state index contributed by atoms with van der Waals surface area (Å²) >= 11 is 0. The molecule has 2 aliphatic heterocycles. The molecule has 1 aromatic heterocycles. The summed E-state index contributed by atoms with van der Waals surface area (Å²) in [5, 5.41) is 4.18. The van der Waals surface area contributed by atoms with E-state index >= 15 is 0 Å². The van der Waals surface area contributed by atoms with Gasteiger partial charge in [-0.15, -0.1) is 0 Å². The molecule has 1 atom stereocenters. The van der Waals surface area contributed by atoms with Gasteiger partial charge in [0.2, 0.25) is 5.91 Å². The highest BCUT2D eigenvalue weighted by atomic mass is 16.2. The maximum atomic E-state index is 13.1. The maximum absolute atomic E-state index is 13.1. The minimum absolute atomic E-state index is 0.0138. The third-order valence-corrected chi connectivity index (χ3v) is 5.99. The van der Waals surface area contributed by atoms with Crippen molar-refractivity contribution >= 4 is 23.3 Å². The van der Waals surface area contributed by atoms with E-state index in [1.807, 2.05) is 23.0 Å². The summed E-state index contributed by atoms with van der Waals surface area (Å²) in [5.74, 6) is 0.0747. The molecule has 0 N–H and O–H groups in total. The van der Waals surface area contributed by atoms with Crippen LogP contribution in [0.3, 0.4) is 0 Å². The van der Waals surface area contributed by atoms with Crippen LogP contribution in [0.1, 0.15) is 40.5 Å². The molecule has 0 aliphatic carbocycles. The zero-order valence-corrected chi connectivity index (χ0v) is 17.5. The van der Waals surface area contributed by atoms with Crippen molar-refractivity contribution in [3.63, 3.8) is 0 Å². The van der Waals surface area contributed by atoms with Gasteiger partial charge in [0, 0.05) is 57.1 Å². The third kappa shape index (κ3) is 4.00. The number of Topliss-reactive ketones (excluding diaryl/α,β-unsaturated/α-hetero) is 1. The van der Waals surface area contributed by atoms with Crippen LogP contribution in [0.15, 0.2) is 36.7 Å². The number of rotatable bonds is 4. The summed E-state index contributed by atoms with van der Waals surface area (Å²) in [7, 11) is 1.85. The molecule has 8 nitrogen and oxygen atoms in total. The Morgan fingerprint density at radius 3 is 2.27 bits per heavy atom. The molecule has 0 saturated carbocycles. The quantitative estimate of drug-likeness (QED) is 0.717. The van der Waals surface area contributed by atoms with E-state index in [0.717, 1.165) is 25.1 Å². The van der Waals surface area contributed by atoms with Crippen molar-refractivity contribution in [1.82, 2.24) is 19.6 Å². The average Bonchev–Trinajstić information content (AvgIpc) is 3.19. The van der Waals surface area contributed by atoms with Crippen LogP contribution in [0.4, 0.5) is 5.69 Å². The summed E-state index contributed by atoms with van der Waals surface area (Å²) in [6.07, 6.45) is 5.39. The van der Waals surface area contributed by atoms with Gasteiger partial charge >= 0.3 is 0 Å². The highest BCUT2D eigenvalue weighted by molar-refractivity contribution is 5.98. The topological polar surface area (TPSA) is 78.8 Å². The normalized spacial score (nSPS) is 20.5. The molecule has 30 heavy (non-hydrogen) atoms. The Balaban J connectivity index is 1.37. The zero-order valence-electron chi connectivity index (χ0n) is 17.5. The lowest BCUT2D eigenvalue weighted by Crippen LogP contribution is -2.58. The van der Waals surface area contributed by atoms with Crippen LogP contribution in [-0.4, -0.2) is 75.9 Å². The Hall–Kier alpha value is -3.00. The molecule has 2 amide bonds. The number of carbonyl (C=O) groups excluding carboxylic acids is 3. The van der Waals surface area contributed by atoms with E-state index in [1.54, 1.807) is 35.1 Å². The monoisotopic (exact) mass is 409 g/mol. The average molecular weight is 409 g/mol. The van der Waals surface area contributed by atoms with Gasteiger partial charge in [0.25, 0.3) is 5.91 Å². The minimum Gasteiger partial charge on any atom is -0.336 e. The molecular formula is C22H27N5O3. The summed E-state index contributed by atoms with van der Waals surface area (Å²) in [6, 6.07) is 6.66. The molecule has 0 radical (unpaired) electrons. The van der Waals surface area contributed by atoms with Gasteiger partial charge in [0.1, 0.15) is 0 Å². The number of carbonyl (C=O) groups is 3. The number of anilines is 1. The number of hydrogen-bond acceptors (Lipinski definition) is 5. The Kier molecular flexibility index (Phi) is 5.67. The fraction of sp³-hybridized carbons (Fsp3) is 0.455. The van der Waals surface area contributed by atoms with Crippen LogP contribution in [0.2, 0.25) is 0 Å². The highest BCUT2D eigenvalue weighted by Crippen LogP contribution is 2.24. The molecule has 8 heteroatoms. The molecule has 0 unspecified atom stereocenters. The van der Waals surface area contributed by atoms with E-state index in [2.05, 4.69) is 10.00 Å². The molecule has 0 spiro atoms. The van der Waals surface area contributed by atoms with Crippen LogP contribution >= 0.6 is 0 Å². The molecule has 158 valence electrons. The molecule has 2 aromatic rings. The lowest BCUT2D eigenvalue weighted by molar-refractivity contribution is -0.126. The zero-order chi connectivity index (χ0) is 21.3. The fourth-order valence-corrected chi connectivity index (χ4v) is 4.27. The van der Waals surface area contributed by atoms with E-state index in [1.165, 1.54) is 6.92 Å². The second-order valence-corrected chi connectivity index (χ2v) is 7.98. The van der Waals surface area contributed by atoms with Gasteiger partial charge in [-0.2, -0.15) is 5.10 Å². The van der Waals surface area contributed by atoms with Crippen molar-refractivity contribution in [1.29, 1.82) is 0 Å². The third-order valence-electron chi connectivity index (χ3n) is 5.99. The Labute approximate surface area is 176 Å². The van der Waals surface area contributed by atoms with Crippen molar-refractivity contribution in [3.8, 4) is 0 Å². The Bertz CT molecular complexity index is 944. The largest absolute Gasteiger partial charge is 0.336 e.